The molecule has 2 atom stereocenters. The fourth-order valence-electron chi connectivity index (χ4n) is 2.97. The van der Waals surface area contributed by atoms with E-state index in [2.05, 4.69) is 10.6 Å². The molecule has 0 aromatic heterocycles. The maximum atomic E-state index is 12.5. The second-order valence-corrected chi connectivity index (χ2v) is 6.51. The molecule has 27 heavy (non-hydrogen) atoms. The predicted molar refractivity (Wildman–Crippen MR) is 101 cm³/mol. The SMILES string of the molecule is C[C@H](NC(=O)[C@H]1CC(=O)N(c2ccccc2)C1)C(=O)Nc1cccc(O)c1. The highest BCUT2D eigenvalue weighted by Gasteiger charge is 2.35. The van der Waals surface area contributed by atoms with Gasteiger partial charge < -0.3 is 20.6 Å². The number of para-hydroxylation sites is 1. The Hall–Kier alpha value is -3.35. The highest BCUT2D eigenvalue weighted by atomic mass is 16.3. The zero-order chi connectivity index (χ0) is 19.4. The van der Waals surface area contributed by atoms with E-state index in [0.717, 1.165) is 5.69 Å². The van der Waals surface area contributed by atoms with Gasteiger partial charge in [-0.1, -0.05) is 24.3 Å². The van der Waals surface area contributed by atoms with Crippen LogP contribution in [0.4, 0.5) is 11.4 Å². The van der Waals surface area contributed by atoms with E-state index >= 15 is 0 Å². The van der Waals surface area contributed by atoms with Crippen LogP contribution in [0.15, 0.2) is 54.6 Å². The number of hydrogen-bond donors (Lipinski definition) is 3. The van der Waals surface area contributed by atoms with Gasteiger partial charge in [0.1, 0.15) is 11.8 Å². The van der Waals surface area contributed by atoms with Crippen molar-refractivity contribution in [1.29, 1.82) is 0 Å². The summed E-state index contributed by atoms with van der Waals surface area (Å²) >= 11 is 0. The topological polar surface area (TPSA) is 98.7 Å². The number of nitrogens with one attached hydrogen (secondary N) is 2. The van der Waals surface area contributed by atoms with Crippen molar-refractivity contribution in [1.82, 2.24) is 5.32 Å². The minimum Gasteiger partial charge on any atom is -0.508 e. The van der Waals surface area contributed by atoms with E-state index in [1.807, 2.05) is 30.3 Å². The molecule has 2 aromatic carbocycles. The van der Waals surface area contributed by atoms with E-state index in [0.29, 0.717) is 5.69 Å². The Morgan fingerprint density at radius 1 is 1.15 bits per heavy atom. The van der Waals surface area contributed by atoms with Gasteiger partial charge in [-0.3, -0.25) is 14.4 Å². The summed E-state index contributed by atoms with van der Waals surface area (Å²) in [5.74, 6) is -1.32. The Kier molecular flexibility index (Phi) is 5.40. The van der Waals surface area contributed by atoms with Gasteiger partial charge in [0.25, 0.3) is 0 Å². The molecule has 0 saturated carbocycles. The Balaban J connectivity index is 1.57. The number of benzene rings is 2. The van der Waals surface area contributed by atoms with Gasteiger partial charge in [-0.05, 0) is 31.2 Å². The minimum absolute atomic E-state index is 0.0370. The number of hydrogen-bond acceptors (Lipinski definition) is 4. The van der Waals surface area contributed by atoms with Crippen LogP contribution >= 0.6 is 0 Å². The summed E-state index contributed by atoms with van der Waals surface area (Å²) in [5.41, 5.74) is 1.19. The molecule has 0 radical (unpaired) electrons. The van der Waals surface area contributed by atoms with Crippen molar-refractivity contribution in [2.45, 2.75) is 19.4 Å². The van der Waals surface area contributed by atoms with Gasteiger partial charge >= 0.3 is 0 Å². The summed E-state index contributed by atoms with van der Waals surface area (Å²) in [5, 5.41) is 14.7. The maximum absolute atomic E-state index is 12.5. The van der Waals surface area contributed by atoms with E-state index in [-0.39, 0.29) is 30.5 Å². The second-order valence-electron chi connectivity index (χ2n) is 6.51. The summed E-state index contributed by atoms with van der Waals surface area (Å²) in [7, 11) is 0. The first-order valence-corrected chi connectivity index (χ1v) is 8.69. The molecule has 3 amide bonds. The Morgan fingerprint density at radius 2 is 1.89 bits per heavy atom. The number of phenolic OH excluding ortho intramolecular Hbond substituents is 1. The molecule has 1 heterocycles. The lowest BCUT2D eigenvalue weighted by Crippen LogP contribution is -2.44. The van der Waals surface area contributed by atoms with Crippen LogP contribution in [0.1, 0.15) is 13.3 Å². The summed E-state index contributed by atoms with van der Waals surface area (Å²) in [6.07, 6.45) is 0.113. The minimum atomic E-state index is -0.777. The normalized spacial score (nSPS) is 17.4. The first-order chi connectivity index (χ1) is 12.9. The lowest BCUT2D eigenvalue weighted by atomic mass is 10.1. The van der Waals surface area contributed by atoms with Crippen LogP contribution in [-0.2, 0) is 14.4 Å². The number of anilines is 2. The van der Waals surface area contributed by atoms with E-state index in [9.17, 15) is 19.5 Å². The van der Waals surface area contributed by atoms with E-state index in [1.54, 1.807) is 24.0 Å². The third kappa shape index (κ3) is 4.44. The van der Waals surface area contributed by atoms with Crippen molar-refractivity contribution in [3.8, 4) is 5.75 Å². The van der Waals surface area contributed by atoms with Gasteiger partial charge in [0.05, 0.1) is 5.92 Å². The van der Waals surface area contributed by atoms with Crippen molar-refractivity contribution in [3.63, 3.8) is 0 Å². The molecule has 1 aliphatic rings. The molecule has 0 bridgehead atoms. The monoisotopic (exact) mass is 367 g/mol. The van der Waals surface area contributed by atoms with Gasteiger partial charge in [-0.2, -0.15) is 0 Å². The highest BCUT2D eigenvalue weighted by molar-refractivity contribution is 6.02. The Bertz CT molecular complexity index is 853. The van der Waals surface area contributed by atoms with Crippen molar-refractivity contribution in [3.05, 3.63) is 54.6 Å². The van der Waals surface area contributed by atoms with Crippen molar-refractivity contribution < 1.29 is 19.5 Å². The van der Waals surface area contributed by atoms with Crippen LogP contribution in [0.3, 0.4) is 0 Å². The highest BCUT2D eigenvalue weighted by Crippen LogP contribution is 2.25. The average Bonchev–Trinajstić information content (AvgIpc) is 3.04. The summed E-state index contributed by atoms with van der Waals surface area (Å²) in [4.78, 5) is 38.5. The van der Waals surface area contributed by atoms with Crippen LogP contribution in [0.25, 0.3) is 0 Å². The standard InChI is InChI=1S/C20H21N3O4/c1-13(19(26)22-15-6-5-9-17(24)11-15)21-20(27)14-10-18(25)23(12-14)16-7-3-2-4-8-16/h2-9,11,13-14,24H,10,12H2,1H3,(H,21,27)(H,22,26)/t13-,14-/m0/s1. The molecular weight excluding hydrogens is 346 g/mol. The summed E-state index contributed by atoms with van der Waals surface area (Å²) < 4.78 is 0. The molecule has 0 aliphatic carbocycles. The summed E-state index contributed by atoms with van der Waals surface area (Å²) in [6.45, 7) is 1.86. The number of amides is 3. The van der Waals surface area contributed by atoms with Crippen LogP contribution in [-0.4, -0.2) is 35.4 Å². The van der Waals surface area contributed by atoms with Gasteiger partial charge in [-0.25, -0.2) is 0 Å². The quantitative estimate of drug-likeness (QED) is 0.751. The maximum Gasteiger partial charge on any atom is 0.246 e. The first kappa shape index (κ1) is 18.4. The molecule has 1 saturated heterocycles. The van der Waals surface area contributed by atoms with Gasteiger partial charge in [0.15, 0.2) is 0 Å². The Morgan fingerprint density at radius 3 is 2.59 bits per heavy atom. The fourth-order valence-corrected chi connectivity index (χ4v) is 2.97. The number of aromatic hydroxyl groups is 1. The first-order valence-electron chi connectivity index (χ1n) is 8.69. The number of nitrogens with zero attached hydrogens (tertiary/aromatic N) is 1. The van der Waals surface area contributed by atoms with Crippen molar-refractivity contribution >= 4 is 29.1 Å². The number of carbonyl (C=O) groups excluding carboxylic acids is 3. The fraction of sp³-hybridized carbons (Fsp3) is 0.250. The second kappa shape index (κ2) is 7.90. The zero-order valence-corrected chi connectivity index (χ0v) is 14.9. The van der Waals surface area contributed by atoms with Gasteiger partial charge in [0.2, 0.25) is 17.7 Å². The lowest BCUT2D eigenvalue weighted by Gasteiger charge is -2.18. The van der Waals surface area contributed by atoms with Crippen LogP contribution < -0.4 is 15.5 Å². The third-order valence-corrected chi connectivity index (χ3v) is 4.43. The average molecular weight is 367 g/mol. The smallest absolute Gasteiger partial charge is 0.246 e. The third-order valence-electron chi connectivity index (χ3n) is 4.43. The molecule has 0 spiro atoms. The largest absolute Gasteiger partial charge is 0.508 e. The van der Waals surface area contributed by atoms with E-state index < -0.39 is 17.9 Å². The molecule has 3 rings (SSSR count). The summed E-state index contributed by atoms with van der Waals surface area (Å²) in [6, 6.07) is 14.6. The number of phenols is 1. The predicted octanol–water partition coefficient (Wildman–Crippen LogP) is 1.89. The molecule has 7 nitrogen and oxygen atoms in total. The van der Waals surface area contributed by atoms with Gasteiger partial charge in [-0.15, -0.1) is 0 Å². The number of carbonyl (C=O) groups is 3. The molecule has 1 aliphatic heterocycles. The van der Waals surface area contributed by atoms with Crippen LogP contribution in [0.5, 0.6) is 5.75 Å². The molecule has 3 N–H and O–H groups in total. The number of rotatable bonds is 5. The molecule has 0 unspecified atom stereocenters. The van der Waals surface area contributed by atoms with Crippen LogP contribution in [0.2, 0.25) is 0 Å². The van der Waals surface area contributed by atoms with E-state index in [1.165, 1.54) is 12.1 Å². The molecular formula is C20H21N3O4. The van der Waals surface area contributed by atoms with Crippen molar-refractivity contribution in [2.75, 3.05) is 16.8 Å². The van der Waals surface area contributed by atoms with Crippen molar-refractivity contribution in [2.24, 2.45) is 5.92 Å². The Labute approximate surface area is 157 Å². The zero-order valence-electron chi connectivity index (χ0n) is 14.9. The van der Waals surface area contributed by atoms with Crippen LogP contribution in [0, 0.1) is 5.92 Å². The molecule has 7 heteroatoms. The molecule has 140 valence electrons. The van der Waals surface area contributed by atoms with Gasteiger partial charge in [0, 0.05) is 30.4 Å². The molecule has 1 fully saturated rings. The lowest BCUT2D eigenvalue weighted by molar-refractivity contribution is -0.129. The van der Waals surface area contributed by atoms with E-state index in [4.69, 9.17) is 0 Å². The molecule has 2 aromatic rings.